The molecule has 16 heavy (non-hydrogen) atoms. The summed E-state index contributed by atoms with van der Waals surface area (Å²) in [6, 6.07) is 0. The van der Waals surface area contributed by atoms with E-state index in [-0.39, 0.29) is 0 Å². The van der Waals surface area contributed by atoms with Crippen LogP contribution < -0.4 is 5.73 Å². The molecule has 0 radical (unpaired) electrons. The van der Waals surface area contributed by atoms with Gasteiger partial charge in [-0.15, -0.1) is 0 Å². The van der Waals surface area contributed by atoms with Gasteiger partial charge < -0.3 is 10.8 Å². The maximum absolute atomic E-state index is 11.9. The maximum atomic E-state index is 11.9. The molecule has 0 bridgehead atoms. The zero-order valence-electron chi connectivity index (χ0n) is 10.3. The van der Waals surface area contributed by atoms with Crippen molar-refractivity contribution in [2.75, 3.05) is 33.7 Å². The topological polar surface area (TPSA) is 86.9 Å². The van der Waals surface area contributed by atoms with Crippen molar-refractivity contribution in [1.82, 2.24) is 8.61 Å². The molecule has 0 aliphatic rings. The minimum Gasteiger partial charge on any atom is -0.393 e. The molecule has 0 aromatic heterocycles. The van der Waals surface area contributed by atoms with Gasteiger partial charge in [0.1, 0.15) is 0 Å². The fourth-order valence-corrected chi connectivity index (χ4v) is 2.32. The lowest BCUT2D eigenvalue weighted by molar-refractivity contribution is 0.176. The molecule has 0 rings (SSSR count). The summed E-state index contributed by atoms with van der Waals surface area (Å²) >= 11 is 0. The molecule has 0 aromatic rings. The second-order valence-electron chi connectivity index (χ2n) is 3.93. The van der Waals surface area contributed by atoms with E-state index in [4.69, 9.17) is 10.8 Å². The molecule has 98 valence electrons. The third-order valence-corrected chi connectivity index (χ3v) is 4.27. The second kappa shape index (κ2) is 7.18. The Kier molecular flexibility index (Phi) is 7.09. The summed E-state index contributed by atoms with van der Waals surface area (Å²) in [5.41, 5.74) is 5.33. The highest BCUT2D eigenvalue weighted by Crippen LogP contribution is 2.06. The smallest absolute Gasteiger partial charge is 0.281 e. The van der Waals surface area contributed by atoms with Crippen LogP contribution in [-0.2, 0) is 10.2 Å². The van der Waals surface area contributed by atoms with Crippen molar-refractivity contribution < 1.29 is 13.5 Å². The Morgan fingerprint density at radius 1 is 1.25 bits per heavy atom. The summed E-state index contributed by atoms with van der Waals surface area (Å²) in [6.07, 6.45) is 0.576. The molecule has 0 aromatic carbocycles. The van der Waals surface area contributed by atoms with E-state index >= 15 is 0 Å². The first-order valence-electron chi connectivity index (χ1n) is 5.38. The van der Waals surface area contributed by atoms with Gasteiger partial charge >= 0.3 is 0 Å². The Balaban J connectivity index is 4.29. The van der Waals surface area contributed by atoms with Crippen molar-refractivity contribution in [3.8, 4) is 0 Å². The highest BCUT2D eigenvalue weighted by molar-refractivity contribution is 7.86. The predicted octanol–water partition coefficient (Wildman–Crippen LogP) is -0.785. The normalized spacial score (nSPS) is 14.7. The Morgan fingerprint density at radius 3 is 2.19 bits per heavy atom. The van der Waals surface area contributed by atoms with Gasteiger partial charge in [0.15, 0.2) is 0 Å². The van der Waals surface area contributed by atoms with E-state index in [1.165, 1.54) is 22.7 Å². The zero-order valence-corrected chi connectivity index (χ0v) is 11.1. The van der Waals surface area contributed by atoms with Gasteiger partial charge in [-0.25, -0.2) is 0 Å². The second-order valence-corrected chi connectivity index (χ2v) is 6.07. The Labute approximate surface area is 98.2 Å². The molecular formula is C9H23N3O3S. The quantitative estimate of drug-likeness (QED) is 0.594. The lowest BCUT2D eigenvalue weighted by Crippen LogP contribution is -2.41. The lowest BCUT2D eigenvalue weighted by Gasteiger charge is -2.24. The highest BCUT2D eigenvalue weighted by atomic mass is 32.2. The maximum Gasteiger partial charge on any atom is 0.281 e. The number of rotatable bonds is 8. The molecule has 7 heteroatoms. The van der Waals surface area contributed by atoms with Crippen LogP contribution in [0.25, 0.3) is 0 Å². The van der Waals surface area contributed by atoms with E-state index in [0.29, 0.717) is 32.5 Å². The van der Waals surface area contributed by atoms with Gasteiger partial charge in [0.2, 0.25) is 0 Å². The number of nitrogens with zero attached hydrogens (tertiary/aromatic N) is 2. The molecule has 1 unspecified atom stereocenters. The van der Waals surface area contributed by atoms with Crippen LogP contribution in [0.1, 0.15) is 19.8 Å². The van der Waals surface area contributed by atoms with Gasteiger partial charge in [-0.05, 0) is 26.3 Å². The van der Waals surface area contributed by atoms with Crippen molar-refractivity contribution in [2.45, 2.75) is 25.9 Å². The lowest BCUT2D eigenvalue weighted by atomic mass is 10.3. The van der Waals surface area contributed by atoms with Gasteiger partial charge in [0, 0.05) is 27.2 Å². The summed E-state index contributed by atoms with van der Waals surface area (Å²) in [4.78, 5) is 0. The monoisotopic (exact) mass is 253 g/mol. The zero-order chi connectivity index (χ0) is 12.8. The van der Waals surface area contributed by atoms with Crippen molar-refractivity contribution in [1.29, 1.82) is 0 Å². The minimum atomic E-state index is -3.41. The fourth-order valence-electron chi connectivity index (χ4n) is 1.15. The number of aliphatic hydroxyl groups excluding tert-OH is 1. The summed E-state index contributed by atoms with van der Waals surface area (Å²) < 4.78 is 26.3. The van der Waals surface area contributed by atoms with Gasteiger partial charge in [-0.1, -0.05) is 0 Å². The van der Waals surface area contributed by atoms with Crippen LogP contribution in [-0.4, -0.2) is 62.0 Å². The standard InChI is InChI=1S/C9H23N3O3S/c1-9(13)5-8-12(3)16(14,15)11(2)7-4-6-10/h9,13H,4-8,10H2,1-3H3. The average Bonchev–Trinajstić information content (AvgIpc) is 2.21. The molecule has 3 N–H and O–H groups in total. The van der Waals surface area contributed by atoms with Crippen LogP contribution in [0.2, 0.25) is 0 Å². The van der Waals surface area contributed by atoms with Gasteiger partial charge in [0.05, 0.1) is 6.10 Å². The Morgan fingerprint density at radius 2 is 1.75 bits per heavy atom. The molecule has 0 spiro atoms. The van der Waals surface area contributed by atoms with Crippen LogP contribution in [0.15, 0.2) is 0 Å². The molecule has 0 aliphatic carbocycles. The molecule has 1 atom stereocenters. The van der Waals surface area contributed by atoms with E-state index in [9.17, 15) is 8.42 Å². The van der Waals surface area contributed by atoms with Crippen LogP contribution in [0.4, 0.5) is 0 Å². The van der Waals surface area contributed by atoms with Gasteiger partial charge in [0.25, 0.3) is 10.2 Å². The number of hydrogen-bond acceptors (Lipinski definition) is 4. The van der Waals surface area contributed by atoms with Gasteiger partial charge in [-0.3, -0.25) is 0 Å². The van der Waals surface area contributed by atoms with E-state index in [1.54, 1.807) is 6.92 Å². The van der Waals surface area contributed by atoms with Crippen LogP contribution in [0.5, 0.6) is 0 Å². The van der Waals surface area contributed by atoms with Crippen LogP contribution >= 0.6 is 0 Å². The van der Waals surface area contributed by atoms with E-state index in [2.05, 4.69) is 0 Å². The number of hydrogen-bond donors (Lipinski definition) is 2. The molecule has 0 heterocycles. The summed E-state index contributed by atoms with van der Waals surface area (Å²) in [5.74, 6) is 0. The largest absolute Gasteiger partial charge is 0.393 e. The first-order valence-corrected chi connectivity index (χ1v) is 6.77. The third-order valence-electron chi connectivity index (χ3n) is 2.33. The Bertz CT molecular complexity index is 280. The average molecular weight is 253 g/mol. The molecule has 0 aliphatic heterocycles. The SMILES string of the molecule is CC(O)CCN(C)S(=O)(=O)N(C)CCCN. The van der Waals surface area contributed by atoms with Crippen LogP contribution in [0.3, 0.4) is 0 Å². The van der Waals surface area contributed by atoms with E-state index in [1.807, 2.05) is 0 Å². The van der Waals surface area contributed by atoms with Crippen molar-refractivity contribution in [3.63, 3.8) is 0 Å². The minimum absolute atomic E-state index is 0.312. The van der Waals surface area contributed by atoms with Crippen LogP contribution in [0, 0.1) is 0 Å². The molecule has 0 saturated carbocycles. The molecule has 0 saturated heterocycles. The number of aliphatic hydroxyl groups is 1. The highest BCUT2D eigenvalue weighted by Gasteiger charge is 2.22. The molecule has 6 nitrogen and oxygen atoms in total. The van der Waals surface area contributed by atoms with Crippen molar-refractivity contribution in [2.24, 2.45) is 5.73 Å². The summed E-state index contributed by atoms with van der Waals surface area (Å²) in [5, 5.41) is 9.10. The summed E-state index contributed by atoms with van der Waals surface area (Å²) in [7, 11) is -0.365. The first kappa shape index (κ1) is 15.8. The third kappa shape index (κ3) is 5.22. The molecular weight excluding hydrogens is 230 g/mol. The number of nitrogens with two attached hydrogens (primary N) is 1. The van der Waals surface area contributed by atoms with Crippen molar-refractivity contribution >= 4 is 10.2 Å². The molecule has 0 fully saturated rings. The Hall–Kier alpha value is -0.210. The first-order chi connectivity index (χ1) is 7.32. The van der Waals surface area contributed by atoms with Crippen molar-refractivity contribution in [3.05, 3.63) is 0 Å². The predicted molar refractivity (Wildman–Crippen MR) is 64.1 cm³/mol. The fraction of sp³-hybridized carbons (Fsp3) is 1.00. The van der Waals surface area contributed by atoms with Gasteiger partial charge in [-0.2, -0.15) is 17.0 Å². The van der Waals surface area contributed by atoms with E-state index < -0.39 is 16.3 Å². The van der Waals surface area contributed by atoms with E-state index in [0.717, 1.165) is 0 Å². The summed E-state index contributed by atoms with van der Waals surface area (Å²) in [6.45, 7) is 2.83. The molecule has 0 amide bonds.